The van der Waals surface area contributed by atoms with Crippen molar-refractivity contribution >= 4 is 27.5 Å². The van der Waals surface area contributed by atoms with Crippen LogP contribution in [-0.4, -0.2) is 35.4 Å². The molecule has 0 aliphatic carbocycles. The van der Waals surface area contributed by atoms with Gasteiger partial charge in [0.2, 0.25) is 0 Å². The number of ether oxygens (including phenoxy) is 1. The Morgan fingerprint density at radius 3 is 2.68 bits per heavy atom. The molecule has 0 saturated carbocycles. The van der Waals surface area contributed by atoms with E-state index in [0.717, 1.165) is 25.9 Å². The summed E-state index contributed by atoms with van der Waals surface area (Å²) >= 11 is 3.19. The Balaban J connectivity index is 1.95. The minimum atomic E-state index is -0.482. The summed E-state index contributed by atoms with van der Waals surface area (Å²) in [5.41, 5.74) is -0.0231. The Bertz CT molecular complexity index is 501. The van der Waals surface area contributed by atoms with E-state index in [1.165, 1.54) is 18.2 Å². The van der Waals surface area contributed by atoms with Gasteiger partial charge in [-0.05, 0) is 34.8 Å². The summed E-state index contributed by atoms with van der Waals surface area (Å²) in [6.07, 6.45) is 2.07. The molecule has 0 spiro atoms. The highest BCUT2D eigenvalue weighted by atomic mass is 79.9. The fourth-order valence-corrected chi connectivity index (χ4v) is 2.40. The Morgan fingerprint density at radius 1 is 1.42 bits per heavy atom. The molecule has 1 aliphatic heterocycles. The summed E-state index contributed by atoms with van der Waals surface area (Å²) in [5.74, 6) is 0.376. The first-order chi connectivity index (χ1) is 9.08. The number of benzene rings is 1. The maximum atomic E-state index is 11.8. The molecule has 19 heavy (non-hydrogen) atoms. The largest absolute Gasteiger partial charge is 0.483 e. The Hall–Kier alpha value is -1.63. The van der Waals surface area contributed by atoms with Gasteiger partial charge in [0.15, 0.2) is 6.61 Å². The van der Waals surface area contributed by atoms with Crippen LogP contribution in [-0.2, 0) is 4.79 Å². The Kier molecular flexibility index (Phi) is 4.36. The topological polar surface area (TPSA) is 72.7 Å². The number of carbonyl (C=O) groups is 1. The molecule has 1 aromatic carbocycles. The molecule has 0 aromatic heterocycles. The number of halogens is 1. The Morgan fingerprint density at radius 2 is 2.11 bits per heavy atom. The molecule has 0 bridgehead atoms. The van der Waals surface area contributed by atoms with E-state index >= 15 is 0 Å². The van der Waals surface area contributed by atoms with E-state index in [2.05, 4.69) is 15.9 Å². The van der Waals surface area contributed by atoms with Crippen molar-refractivity contribution in [3.8, 4) is 5.75 Å². The quantitative estimate of drug-likeness (QED) is 0.628. The maximum absolute atomic E-state index is 11.8. The number of nitro benzene ring substituents is 1. The lowest BCUT2D eigenvalue weighted by Gasteiger charge is -2.15. The van der Waals surface area contributed by atoms with E-state index in [1.807, 2.05) is 0 Å². The molecule has 0 N–H and O–H groups in total. The highest BCUT2D eigenvalue weighted by Crippen LogP contribution is 2.29. The molecule has 1 aromatic rings. The maximum Gasteiger partial charge on any atom is 0.270 e. The van der Waals surface area contributed by atoms with Crippen molar-refractivity contribution in [1.29, 1.82) is 0 Å². The van der Waals surface area contributed by atoms with Gasteiger partial charge in [0.1, 0.15) is 5.75 Å². The van der Waals surface area contributed by atoms with Crippen molar-refractivity contribution in [2.75, 3.05) is 19.7 Å². The van der Waals surface area contributed by atoms with Crippen molar-refractivity contribution < 1.29 is 14.5 Å². The number of hydrogen-bond donors (Lipinski definition) is 0. The van der Waals surface area contributed by atoms with Gasteiger partial charge in [-0.15, -0.1) is 0 Å². The first-order valence-corrected chi connectivity index (χ1v) is 6.72. The van der Waals surface area contributed by atoms with Crippen molar-refractivity contribution in [2.45, 2.75) is 12.8 Å². The van der Waals surface area contributed by atoms with Gasteiger partial charge < -0.3 is 9.64 Å². The predicted octanol–water partition coefficient (Wildman–Crippen LogP) is 2.36. The summed E-state index contributed by atoms with van der Waals surface area (Å²) in [7, 11) is 0. The molecule has 1 fully saturated rings. The van der Waals surface area contributed by atoms with Crippen molar-refractivity contribution in [1.82, 2.24) is 4.90 Å². The summed E-state index contributed by atoms with van der Waals surface area (Å²) in [6.45, 7) is 1.52. The third kappa shape index (κ3) is 3.44. The molecule has 2 rings (SSSR count). The minimum absolute atomic E-state index is 0.0231. The zero-order chi connectivity index (χ0) is 13.8. The number of likely N-dealkylation sites (tertiary alicyclic amines) is 1. The van der Waals surface area contributed by atoms with Gasteiger partial charge in [-0.25, -0.2) is 0 Å². The Labute approximate surface area is 118 Å². The third-order valence-corrected chi connectivity index (χ3v) is 3.56. The molecular weight excluding hydrogens is 316 g/mol. The van der Waals surface area contributed by atoms with Gasteiger partial charge in [0, 0.05) is 25.2 Å². The van der Waals surface area contributed by atoms with Crippen molar-refractivity contribution in [2.24, 2.45) is 0 Å². The third-order valence-electron chi connectivity index (χ3n) is 2.94. The number of nitro groups is 1. The minimum Gasteiger partial charge on any atom is -0.483 e. The van der Waals surface area contributed by atoms with Gasteiger partial charge in [0.05, 0.1) is 9.40 Å². The van der Waals surface area contributed by atoms with E-state index in [1.54, 1.807) is 4.90 Å². The number of hydrogen-bond acceptors (Lipinski definition) is 4. The van der Waals surface area contributed by atoms with Gasteiger partial charge in [-0.2, -0.15) is 0 Å². The number of amides is 1. The molecule has 1 amide bonds. The second kappa shape index (κ2) is 6.01. The molecule has 7 heteroatoms. The second-order valence-electron chi connectivity index (χ2n) is 4.25. The standard InChI is InChI=1S/C12H13BrN2O4/c13-10-7-9(15(17)18)3-4-11(10)19-8-12(16)14-5-1-2-6-14/h3-4,7H,1-2,5-6,8H2. The molecule has 6 nitrogen and oxygen atoms in total. The van der Waals surface area contributed by atoms with E-state index < -0.39 is 4.92 Å². The SMILES string of the molecule is O=C(COc1ccc([N+](=O)[O-])cc1Br)N1CCCC1. The normalized spacial score (nSPS) is 14.5. The van der Waals surface area contributed by atoms with Crippen LogP contribution in [0.25, 0.3) is 0 Å². The monoisotopic (exact) mass is 328 g/mol. The molecular formula is C12H13BrN2O4. The van der Waals surface area contributed by atoms with Crippen LogP contribution >= 0.6 is 15.9 Å². The number of non-ortho nitro benzene ring substituents is 1. The van der Waals surface area contributed by atoms with Gasteiger partial charge in [0.25, 0.3) is 11.6 Å². The lowest BCUT2D eigenvalue weighted by molar-refractivity contribution is -0.384. The molecule has 102 valence electrons. The van der Waals surface area contributed by atoms with Crippen LogP contribution in [0.3, 0.4) is 0 Å². The van der Waals surface area contributed by atoms with E-state index in [9.17, 15) is 14.9 Å². The van der Waals surface area contributed by atoms with Gasteiger partial charge >= 0.3 is 0 Å². The van der Waals surface area contributed by atoms with E-state index in [0.29, 0.717) is 10.2 Å². The predicted molar refractivity (Wildman–Crippen MR) is 72.1 cm³/mol. The average Bonchev–Trinajstić information content (AvgIpc) is 2.90. The smallest absolute Gasteiger partial charge is 0.270 e. The molecule has 1 aliphatic rings. The lowest BCUT2D eigenvalue weighted by Crippen LogP contribution is -2.32. The zero-order valence-corrected chi connectivity index (χ0v) is 11.8. The van der Waals surface area contributed by atoms with Crippen LogP contribution in [0.4, 0.5) is 5.69 Å². The number of carbonyl (C=O) groups excluding carboxylic acids is 1. The molecule has 1 heterocycles. The molecule has 0 atom stereocenters. The molecule has 0 unspecified atom stereocenters. The van der Waals surface area contributed by atoms with Crippen LogP contribution in [0.2, 0.25) is 0 Å². The number of nitrogens with zero attached hydrogens (tertiary/aromatic N) is 2. The first kappa shape index (κ1) is 13.8. The average molecular weight is 329 g/mol. The van der Waals surface area contributed by atoms with Crippen molar-refractivity contribution in [3.63, 3.8) is 0 Å². The van der Waals surface area contributed by atoms with Crippen LogP contribution in [0.5, 0.6) is 5.75 Å². The second-order valence-corrected chi connectivity index (χ2v) is 5.10. The van der Waals surface area contributed by atoms with Gasteiger partial charge in [-0.3, -0.25) is 14.9 Å². The highest BCUT2D eigenvalue weighted by Gasteiger charge is 2.19. The highest BCUT2D eigenvalue weighted by molar-refractivity contribution is 9.10. The first-order valence-electron chi connectivity index (χ1n) is 5.92. The fraction of sp³-hybridized carbons (Fsp3) is 0.417. The lowest BCUT2D eigenvalue weighted by atomic mass is 10.3. The van der Waals surface area contributed by atoms with Crippen LogP contribution in [0.15, 0.2) is 22.7 Å². The molecule has 0 radical (unpaired) electrons. The summed E-state index contributed by atoms with van der Waals surface area (Å²) in [5, 5.41) is 10.6. The summed E-state index contributed by atoms with van der Waals surface area (Å²) in [4.78, 5) is 23.7. The van der Waals surface area contributed by atoms with E-state index in [-0.39, 0.29) is 18.2 Å². The van der Waals surface area contributed by atoms with Gasteiger partial charge in [-0.1, -0.05) is 0 Å². The van der Waals surface area contributed by atoms with Crippen LogP contribution < -0.4 is 4.74 Å². The van der Waals surface area contributed by atoms with Crippen LogP contribution in [0, 0.1) is 10.1 Å². The zero-order valence-electron chi connectivity index (χ0n) is 10.2. The van der Waals surface area contributed by atoms with E-state index in [4.69, 9.17) is 4.74 Å². The summed E-state index contributed by atoms with van der Waals surface area (Å²) in [6, 6.07) is 4.19. The number of rotatable bonds is 4. The fourth-order valence-electron chi connectivity index (χ4n) is 1.92. The van der Waals surface area contributed by atoms with Crippen LogP contribution in [0.1, 0.15) is 12.8 Å². The summed E-state index contributed by atoms with van der Waals surface area (Å²) < 4.78 is 5.85. The molecule has 1 saturated heterocycles. The van der Waals surface area contributed by atoms with Crippen molar-refractivity contribution in [3.05, 3.63) is 32.8 Å².